The Morgan fingerprint density at radius 2 is 2.14 bits per heavy atom. The van der Waals surface area contributed by atoms with E-state index in [2.05, 4.69) is 5.32 Å². The summed E-state index contributed by atoms with van der Waals surface area (Å²) in [6.07, 6.45) is 3.86. The molecule has 2 aromatic heterocycles. The van der Waals surface area contributed by atoms with Crippen LogP contribution in [0, 0.1) is 6.92 Å². The van der Waals surface area contributed by atoms with Crippen molar-refractivity contribution in [2.24, 2.45) is 0 Å². The lowest BCUT2D eigenvalue weighted by Crippen LogP contribution is -2.15. The van der Waals surface area contributed by atoms with Crippen LogP contribution in [0.4, 0.5) is 5.00 Å². The first-order chi connectivity index (χ1) is 9.95. The van der Waals surface area contributed by atoms with Gasteiger partial charge in [0.1, 0.15) is 10.6 Å². The number of thiophene rings is 1. The number of rotatable bonds is 4. The average molecular weight is 325 g/mol. The van der Waals surface area contributed by atoms with Crippen LogP contribution in [0.5, 0.6) is 0 Å². The summed E-state index contributed by atoms with van der Waals surface area (Å²) in [7, 11) is 0. The summed E-state index contributed by atoms with van der Waals surface area (Å²) in [4.78, 5) is 23.6. The van der Waals surface area contributed by atoms with E-state index >= 15 is 0 Å². The number of nitrogens with one attached hydrogen (secondary N) is 1. The van der Waals surface area contributed by atoms with Crippen molar-refractivity contribution in [3.8, 4) is 0 Å². The number of carbonyl (C=O) groups excluding carboxylic acids is 1. The zero-order valence-corrected chi connectivity index (χ0v) is 12.8. The van der Waals surface area contributed by atoms with E-state index in [1.165, 1.54) is 0 Å². The van der Waals surface area contributed by atoms with Gasteiger partial charge in [-0.3, -0.25) is 4.79 Å². The van der Waals surface area contributed by atoms with Crippen LogP contribution < -0.4 is 5.32 Å². The average Bonchev–Trinajstić information content (AvgIpc) is 3.08. The summed E-state index contributed by atoms with van der Waals surface area (Å²) in [6, 6.07) is 3.64. The molecule has 1 aliphatic rings. The highest BCUT2D eigenvalue weighted by Gasteiger charge is 2.28. The van der Waals surface area contributed by atoms with Gasteiger partial charge in [-0.25, -0.2) is 4.79 Å². The maximum Gasteiger partial charge on any atom is 0.346 e. The summed E-state index contributed by atoms with van der Waals surface area (Å²) in [5.74, 6) is -1.26. The predicted molar refractivity (Wildman–Crippen MR) is 81.7 cm³/mol. The van der Waals surface area contributed by atoms with Crippen LogP contribution >= 0.6 is 22.9 Å². The molecule has 2 heterocycles. The smallest absolute Gasteiger partial charge is 0.346 e. The largest absolute Gasteiger partial charge is 0.477 e. The Hall–Kier alpha value is -1.79. The van der Waals surface area contributed by atoms with Gasteiger partial charge in [0.2, 0.25) is 0 Å². The van der Waals surface area contributed by atoms with Crippen molar-refractivity contribution in [2.75, 3.05) is 5.32 Å². The van der Waals surface area contributed by atoms with Crippen LogP contribution in [0.15, 0.2) is 18.3 Å². The molecule has 110 valence electrons. The molecule has 0 radical (unpaired) electrons. The Kier molecular flexibility index (Phi) is 3.51. The normalized spacial score (nSPS) is 14.2. The molecule has 0 aliphatic heterocycles. The number of carboxylic acid groups (broad SMARTS) is 1. The standard InChI is InChI=1S/C14H13ClN2O3S/c1-7-4-11(21-12(7)14(19)20)16-13(18)10-5-8(15)6-17(10)9-2-3-9/h4-6,9H,2-3H2,1H3,(H,16,18)(H,19,20). The Morgan fingerprint density at radius 1 is 1.43 bits per heavy atom. The molecule has 0 atom stereocenters. The Labute approximate surface area is 130 Å². The van der Waals surface area contributed by atoms with Crippen molar-refractivity contribution < 1.29 is 14.7 Å². The van der Waals surface area contributed by atoms with Gasteiger partial charge >= 0.3 is 5.97 Å². The second-order valence-electron chi connectivity index (χ2n) is 5.06. The fraction of sp³-hybridized carbons (Fsp3) is 0.286. The van der Waals surface area contributed by atoms with Crippen molar-refractivity contribution in [3.63, 3.8) is 0 Å². The molecule has 0 aromatic carbocycles. The van der Waals surface area contributed by atoms with E-state index in [9.17, 15) is 9.59 Å². The highest BCUT2D eigenvalue weighted by atomic mass is 35.5. The number of amides is 1. The lowest BCUT2D eigenvalue weighted by molar-refractivity contribution is 0.0701. The predicted octanol–water partition coefficient (Wildman–Crippen LogP) is 3.80. The monoisotopic (exact) mass is 324 g/mol. The van der Waals surface area contributed by atoms with Gasteiger partial charge in [0.15, 0.2) is 0 Å². The van der Waals surface area contributed by atoms with E-state index < -0.39 is 5.97 Å². The fourth-order valence-corrected chi connectivity index (χ4v) is 3.33. The maximum atomic E-state index is 12.3. The zero-order valence-electron chi connectivity index (χ0n) is 11.2. The highest BCUT2D eigenvalue weighted by molar-refractivity contribution is 7.18. The fourth-order valence-electron chi connectivity index (χ4n) is 2.21. The van der Waals surface area contributed by atoms with Crippen LogP contribution in [0.3, 0.4) is 0 Å². The first-order valence-corrected chi connectivity index (χ1v) is 7.67. The van der Waals surface area contributed by atoms with Crippen LogP contribution in [0.1, 0.15) is 44.6 Å². The molecular formula is C14H13ClN2O3S. The summed E-state index contributed by atoms with van der Waals surface area (Å²) in [6.45, 7) is 1.71. The molecule has 3 rings (SSSR count). The van der Waals surface area contributed by atoms with Crippen molar-refractivity contribution in [1.82, 2.24) is 4.57 Å². The maximum absolute atomic E-state index is 12.3. The molecule has 0 unspecified atom stereocenters. The van der Waals surface area contributed by atoms with Gasteiger partial charge in [0.05, 0.1) is 10.0 Å². The Balaban J connectivity index is 1.83. The molecule has 5 nitrogen and oxygen atoms in total. The number of carbonyl (C=O) groups is 2. The topological polar surface area (TPSA) is 71.3 Å². The van der Waals surface area contributed by atoms with Crippen molar-refractivity contribution in [3.05, 3.63) is 39.5 Å². The third-order valence-electron chi connectivity index (χ3n) is 3.34. The summed E-state index contributed by atoms with van der Waals surface area (Å²) >= 11 is 7.03. The molecule has 21 heavy (non-hydrogen) atoms. The van der Waals surface area contributed by atoms with Crippen LogP contribution in [-0.4, -0.2) is 21.6 Å². The second kappa shape index (κ2) is 5.20. The first-order valence-electron chi connectivity index (χ1n) is 6.48. The second-order valence-corrected chi connectivity index (χ2v) is 6.55. The minimum absolute atomic E-state index is 0.237. The minimum Gasteiger partial charge on any atom is -0.477 e. The molecule has 2 aromatic rings. The molecule has 0 bridgehead atoms. The lowest BCUT2D eigenvalue weighted by Gasteiger charge is -2.07. The van der Waals surface area contributed by atoms with Crippen molar-refractivity contribution >= 4 is 39.8 Å². The molecule has 7 heteroatoms. The van der Waals surface area contributed by atoms with Crippen LogP contribution in [-0.2, 0) is 0 Å². The number of halogens is 1. The SMILES string of the molecule is Cc1cc(NC(=O)c2cc(Cl)cn2C2CC2)sc1C(=O)O. The van der Waals surface area contributed by atoms with Gasteiger partial charge in [0, 0.05) is 12.2 Å². The lowest BCUT2D eigenvalue weighted by atomic mass is 10.3. The van der Waals surface area contributed by atoms with E-state index in [1.54, 1.807) is 25.3 Å². The van der Waals surface area contributed by atoms with Gasteiger partial charge in [-0.05, 0) is 37.5 Å². The van der Waals surface area contributed by atoms with E-state index in [0.717, 1.165) is 24.2 Å². The first kappa shape index (κ1) is 14.2. The van der Waals surface area contributed by atoms with Gasteiger partial charge in [0.25, 0.3) is 5.91 Å². The number of anilines is 1. The van der Waals surface area contributed by atoms with Crippen molar-refractivity contribution in [2.45, 2.75) is 25.8 Å². The van der Waals surface area contributed by atoms with Crippen LogP contribution in [0.25, 0.3) is 0 Å². The number of aromatic nitrogens is 1. The zero-order chi connectivity index (χ0) is 15.1. The summed E-state index contributed by atoms with van der Waals surface area (Å²) < 4.78 is 1.89. The number of carboxylic acids is 1. The molecular weight excluding hydrogens is 312 g/mol. The number of hydrogen-bond donors (Lipinski definition) is 2. The van der Waals surface area contributed by atoms with Gasteiger partial charge in [-0.2, -0.15) is 0 Å². The van der Waals surface area contributed by atoms with Crippen molar-refractivity contribution in [1.29, 1.82) is 0 Å². The number of aromatic carboxylic acids is 1. The van der Waals surface area contributed by atoms with Gasteiger partial charge < -0.3 is 15.0 Å². The molecule has 0 spiro atoms. The molecule has 1 fully saturated rings. The molecule has 1 amide bonds. The van der Waals surface area contributed by atoms with E-state index in [-0.39, 0.29) is 10.8 Å². The number of nitrogens with zero attached hydrogens (tertiary/aromatic N) is 1. The third kappa shape index (κ3) is 2.82. The Bertz CT molecular complexity index is 731. The van der Waals surface area contributed by atoms with Gasteiger partial charge in [-0.1, -0.05) is 11.6 Å². The molecule has 1 saturated carbocycles. The van der Waals surface area contributed by atoms with E-state index in [1.807, 2.05) is 4.57 Å². The van der Waals surface area contributed by atoms with Crippen LogP contribution in [0.2, 0.25) is 5.02 Å². The molecule has 0 saturated heterocycles. The summed E-state index contributed by atoms with van der Waals surface area (Å²) in [5.41, 5.74) is 1.14. The van der Waals surface area contributed by atoms with Gasteiger partial charge in [-0.15, -0.1) is 11.3 Å². The molecule has 2 N–H and O–H groups in total. The number of hydrogen-bond acceptors (Lipinski definition) is 3. The third-order valence-corrected chi connectivity index (χ3v) is 4.68. The Morgan fingerprint density at radius 3 is 2.71 bits per heavy atom. The molecule has 1 aliphatic carbocycles. The summed E-state index contributed by atoms with van der Waals surface area (Å²) in [5, 5.41) is 12.8. The highest BCUT2D eigenvalue weighted by Crippen LogP contribution is 2.37. The van der Waals surface area contributed by atoms with E-state index in [4.69, 9.17) is 16.7 Å². The number of aryl methyl sites for hydroxylation is 1. The minimum atomic E-state index is -0.984. The quantitative estimate of drug-likeness (QED) is 0.898. The van der Waals surface area contributed by atoms with E-state index in [0.29, 0.717) is 27.3 Å².